The minimum atomic E-state index is 0.310. The van der Waals surface area contributed by atoms with Crippen LogP contribution in [0.4, 0.5) is 0 Å². The van der Waals surface area contributed by atoms with Crippen LogP contribution < -0.4 is 10.1 Å². The molecule has 1 aromatic rings. The molecule has 19 heavy (non-hydrogen) atoms. The van der Waals surface area contributed by atoms with Crippen LogP contribution in [0.3, 0.4) is 0 Å². The van der Waals surface area contributed by atoms with Gasteiger partial charge in [0.05, 0.1) is 6.61 Å². The van der Waals surface area contributed by atoms with Crippen LogP contribution in [-0.4, -0.2) is 38.2 Å². The first kappa shape index (κ1) is 12.9. The minimum absolute atomic E-state index is 0.310. The molecule has 2 heterocycles. The summed E-state index contributed by atoms with van der Waals surface area (Å²) in [5, 5.41) is 3.42. The van der Waals surface area contributed by atoms with E-state index in [1.54, 1.807) is 0 Å². The Bertz CT molecular complexity index is 460. The molecule has 1 atom stereocenters. The van der Waals surface area contributed by atoms with Gasteiger partial charge in [0.25, 0.3) is 0 Å². The second-order valence-electron chi connectivity index (χ2n) is 6.41. The van der Waals surface area contributed by atoms with Gasteiger partial charge in [-0.25, -0.2) is 0 Å². The molecule has 1 N–H and O–H groups in total. The smallest absolute Gasteiger partial charge is 0.122 e. The molecule has 1 fully saturated rings. The summed E-state index contributed by atoms with van der Waals surface area (Å²) in [5.41, 5.74) is 3.12. The van der Waals surface area contributed by atoms with Gasteiger partial charge in [0.2, 0.25) is 0 Å². The lowest BCUT2D eigenvalue weighted by Crippen LogP contribution is -2.29. The van der Waals surface area contributed by atoms with Crippen LogP contribution >= 0.6 is 0 Å². The number of hydrogen-bond acceptors (Lipinski definition) is 3. The van der Waals surface area contributed by atoms with Crippen molar-refractivity contribution in [3.8, 4) is 5.75 Å². The zero-order chi connectivity index (χ0) is 13.3. The Balaban J connectivity index is 1.70. The predicted octanol–water partition coefficient (Wildman–Crippen LogP) is 2.05. The predicted molar refractivity (Wildman–Crippen MR) is 77.6 cm³/mol. The van der Waals surface area contributed by atoms with E-state index in [1.165, 1.54) is 24.1 Å². The largest absolute Gasteiger partial charge is 0.493 e. The van der Waals surface area contributed by atoms with Gasteiger partial charge >= 0.3 is 0 Å². The van der Waals surface area contributed by atoms with Crippen molar-refractivity contribution in [2.45, 2.75) is 26.3 Å². The van der Waals surface area contributed by atoms with Gasteiger partial charge in [-0.15, -0.1) is 0 Å². The van der Waals surface area contributed by atoms with E-state index in [1.807, 2.05) is 0 Å². The van der Waals surface area contributed by atoms with Crippen molar-refractivity contribution in [3.05, 3.63) is 29.3 Å². The normalized spacial score (nSPS) is 27.3. The van der Waals surface area contributed by atoms with Crippen molar-refractivity contribution in [2.24, 2.45) is 5.41 Å². The third-order valence-corrected chi connectivity index (χ3v) is 4.42. The maximum Gasteiger partial charge on any atom is 0.122 e. The maximum atomic E-state index is 6.19. The van der Waals surface area contributed by atoms with Crippen LogP contribution in [0, 0.1) is 5.41 Å². The highest BCUT2D eigenvalue weighted by molar-refractivity contribution is 5.41. The highest BCUT2D eigenvalue weighted by Crippen LogP contribution is 2.32. The quantitative estimate of drug-likeness (QED) is 0.900. The fourth-order valence-corrected chi connectivity index (χ4v) is 3.27. The molecule has 3 nitrogen and oxygen atoms in total. The van der Waals surface area contributed by atoms with Crippen LogP contribution in [0.2, 0.25) is 0 Å². The van der Waals surface area contributed by atoms with Crippen LogP contribution in [0.15, 0.2) is 18.2 Å². The van der Waals surface area contributed by atoms with E-state index in [2.05, 4.69) is 42.4 Å². The van der Waals surface area contributed by atoms with E-state index in [9.17, 15) is 0 Å². The number of fused-ring (bicyclic) bond motifs is 1. The summed E-state index contributed by atoms with van der Waals surface area (Å²) < 4.78 is 6.19. The molecule has 0 spiro atoms. The Kier molecular flexibility index (Phi) is 3.50. The number of benzene rings is 1. The molecule has 0 aromatic heterocycles. The molecular weight excluding hydrogens is 236 g/mol. The van der Waals surface area contributed by atoms with Gasteiger partial charge in [0.15, 0.2) is 0 Å². The second kappa shape index (κ2) is 5.14. The van der Waals surface area contributed by atoms with Crippen molar-refractivity contribution >= 4 is 0 Å². The summed E-state index contributed by atoms with van der Waals surface area (Å²) in [6.45, 7) is 7.55. The highest BCUT2D eigenvalue weighted by Gasteiger charge is 2.33. The fourth-order valence-electron chi connectivity index (χ4n) is 3.27. The number of rotatable bonds is 3. The maximum absolute atomic E-state index is 6.19. The molecule has 0 radical (unpaired) electrons. The number of hydrogen-bond donors (Lipinski definition) is 1. The van der Waals surface area contributed by atoms with Crippen LogP contribution in [0.1, 0.15) is 24.5 Å². The summed E-state index contributed by atoms with van der Waals surface area (Å²) in [7, 11) is 2.20. The third kappa shape index (κ3) is 2.77. The van der Waals surface area contributed by atoms with Crippen molar-refractivity contribution < 1.29 is 4.74 Å². The van der Waals surface area contributed by atoms with Crippen LogP contribution in [0.5, 0.6) is 5.75 Å². The van der Waals surface area contributed by atoms with Gasteiger partial charge in [0.1, 0.15) is 5.75 Å². The molecule has 2 aliphatic heterocycles. The van der Waals surface area contributed by atoms with E-state index in [0.29, 0.717) is 5.41 Å². The number of nitrogens with zero attached hydrogens (tertiary/aromatic N) is 1. The third-order valence-electron chi connectivity index (χ3n) is 4.42. The summed E-state index contributed by atoms with van der Waals surface area (Å²) >= 11 is 0. The molecule has 0 saturated carbocycles. The lowest BCUT2D eigenvalue weighted by Gasteiger charge is -2.26. The van der Waals surface area contributed by atoms with E-state index in [4.69, 9.17) is 4.74 Å². The summed E-state index contributed by atoms with van der Waals surface area (Å²) in [6.07, 6.45) is 2.32. The Morgan fingerprint density at radius 3 is 3.11 bits per heavy atom. The first-order valence-corrected chi connectivity index (χ1v) is 7.29. The molecule has 104 valence electrons. The Morgan fingerprint density at radius 1 is 1.42 bits per heavy atom. The lowest BCUT2D eigenvalue weighted by molar-refractivity contribution is 0.167. The lowest BCUT2D eigenvalue weighted by atomic mass is 9.91. The monoisotopic (exact) mass is 260 g/mol. The van der Waals surface area contributed by atoms with Crippen molar-refractivity contribution in [1.82, 2.24) is 10.2 Å². The Labute approximate surface area is 115 Å². The van der Waals surface area contributed by atoms with Crippen molar-refractivity contribution in [2.75, 3.05) is 33.3 Å². The average Bonchev–Trinajstić information content (AvgIpc) is 2.77. The van der Waals surface area contributed by atoms with E-state index < -0.39 is 0 Å². The zero-order valence-corrected chi connectivity index (χ0v) is 12.0. The zero-order valence-electron chi connectivity index (χ0n) is 12.0. The molecule has 2 aliphatic rings. The molecule has 1 unspecified atom stereocenters. The average molecular weight is 260 g/mol. The first-order valence-electron chi connectivity index (χ1n) is 7.29. The first-order chi connectivity index (χ1) is 9.16. The number of likely N-dealkylation sites (tertiary alicyclic amines) is 1. The van der Waals surface area contributed by atoms with Gasteiger partial charge in [-0.05, 0) is 50.2 Å². The molecule has 3 heteroatoms. The van der Waals surface area contributed by atoms with Crippen molar-refractivity contribution in [3.63, 3.8) is 0 Å². The molecule has 1 aromatic carbocycles. The Morgan fingerprint density at radius 2 is 2.32 bits per heavy atom. The molecular formula is C16H24N2O. The Hall–Kier alpha value is -1.06. The van der Waals surface area contributed by atoms with Crippen LogP contribution in [0.25, 0.3) is 0 Å². The number of nitrogens with one attached hydrogen (secondary N) is 1. The van der Waals surface area contributed by atoms with E-state index in [-0.39, 0.29) is 0 Å². The van der Waals surface area contributed by atoms with Gasteiger partial charge in [-0.2, -0.15) is 0 Å². The number of ether oxygens (including phenoxy) is 1. The van der Waals surface area contributed by atoms with Crippen LogP contribution in [-0.2, 0) is 13.0 Å². The minimum Gasteiger partial charge on any atom is -0.493 e. The molecule has 0 aliphatic carbocycles. The summed E-state index contributed by atoms with van der Waals surface area (Å²) in [5.74, 6) is 1.11. The molecule has 1 saturated heterocycles. The standard InChI is InChI=1S/C16H24N2O/c1-16(7-9-18(2)11-16)12-19-15-5-3-4-13-10-17-8-6-14(13)15/h3-5,17H,6-12H2,1-2H3. The highest BCUT2D eigenvalue weighted by atomic mass is 16.5. The topological polar surface area (TPSA) is 24.5 Å². The van der Waals surface area contributed by atoms with Gasteiger partial charge in [-0.3, -0.25) is 0 Å². The van der Waals surface area contributed by atoms with Gasteiger partial charge in [-0.1, -0.05) is 19.1 Å². The summed E-state index contributed by atoms with van der Waals surface area (Å²) in [4.78, 5) is 2.40. The fraction of sp³-hybridized carbons (Fsp3) is 0.625. The molecule has 3 rings (SSSR count). The van der Waals surface area contributed by atoms with Gasteiger partial charge in [0, 0.05) is 18.5 Å². The summed E-state index contributed by atoms with van der Waals surface area (Å²) in [6, 6.07) is 6.45. The van der Waals surface area contributed by atoms with E-state index in [0.717, 1.165) is 38.4 Å². The van der Waals surface area contributed by atoms with E-state index >= 15 is 0 Å². The van der Waals surface area contributed by atoms with Gasteiger partial charge < -0.3 is 15.0 Å². The second-order valence-corrected chi connectivity index (χ2v) is 6.41. The molecule has 0 bridgehead atoms. The molecule has 0 amide bonds. The van der Waals surface area contributed by atoms with Crippen molar-refractivity contribution in [1.29, 1.82) is 0 Å². The SMILES string of the molecule is CN1CCC(C)(COc2cccc3c2CCNC3)C1.